The van der Waals surface area contributed by atoms with Crippen LogP contribution in [0.25, 0.3) is 0 Å². The van der Waals surface area contributed by atoms with Crippen LogP contribution in [0.4, 0.5) is 10.1 Å². The third-order valence-electron chi connectivity index (χ3n) is 3.64. The minimum Gasteiger partial charge on any atom is -0.388 e. The summed E-state index contributed by atoms with van der Waals surface area (Å²) in [6.45, 7) is 10.1. The summed E-state index contributed by atoms with van der Waals surface area (Å²) < 4.78 is 13.5. The van der Waals surface area contributed by atoms with Gasteiger partial charge in [0.05, 0.1) is 5.60 Å². The van der Waals surface area contributed by atoms with Gasteiger partial charge in [-0.25, -0.2) is 4.39 Å². The molecule has 1 aromatic rings. The molecule has 4 heteroatoms. The number of halogens is 1. The second kappa shape index (κ2) is 5.34. The van der Waals surface area contributed by atoms with Crippen LogP contribution >= 0.6 is 0 Å². The predicted octanol–water partition coefficient (Wildman–Crippen LogP) is 2.67. The largest absolute Gasteiger partial charge is 0.388 e. The third-order valence-corrected chi connectivity index (χ3v) is 3.64. The lowest BCUT2D eigenvalue weighted by molar-refractivity contribution is 0.0839. The Bertz CT molecular complexity index is 480. The summed E-state index contributed by atoms with van der Waals surface area (Å²) in [7, 11) is 0. The van der Waals surface area contributed by atoms with Gasteiger partial charge < -0.3 is 15.3 Å². The van der Waals surface area contributed by atoms with Crippen molar-refractivity contribution >= 4 is 5.69 Å². The van der Waals surface area contributed by atoms with Crippen LogP contribution in [-0.4, -0.2) is 29.3 Å². The molecular formula is C16H25FN2O. The van der Waals surface area contributed by atoms with Crippen LogP contribution in [0.15, 0.2) is 18.2 Å². The van der Waals surface area contributed by atoms with Crippen molar-refractivity contribution in [2.45, 2.75) is 51.8 Å². The van der Waals surface area contributed by atoms with Gasteiger partial charge in [-0.3, -0.25) is 0 Å². The molecule has 0 radical (unpaired) electrons. The Morgan fingerprint density at radius 1 is 1.40 bits per heavy atom. The van der Waals surface area contributed by atoms with Gasteiger partial charge in [0.25, 0.3) is 0 Å². The predicted molar refractivity (Wildman–Crippen MR) is 80.4 cm³/mol. The third kappa shape index (κ3) is 3.93. The molecular weight excluding hydrogens is 255 g/mol. The maximum atomic E-state index is 13.5. The van der Waals surface area contributed by atoms with Crippen molar-refractivity contribution in [3.05, 3.63) is 29.6 Å². The molecule has 3 nitrogen and oxygen atoms in total. The number of anilines is 1. The highest BCUT2D eigenvalue weighted by atomic mass is 19.1. The van der Waals surface area contributed by atoms with E-state index in [4.69, 9.17) is 0 Å². The molecule has 1 aliphatic rings. The number of β-amino-alcohol motifs (C(OH)–C–C–N with tert-alkyl or cyclic N) is 1. The van der Waals surface area contributed by atoms with Crippen molar-refractivity contribution in [2.24, 2.45) is 0 Å². The number of hydrogen-bond donors (Lipinski definition) is 2. The zero-order chi connectivity index (χ0) is 15.0. The van der Waals surface area contributed by atoms with Crippen LogP contribution in [-0.2, 0) is 6.54 Å². The van der Waals surface area contributed by atoms with E-state index in [1.165, 1.54) is 6.07 Å². The van der Waals surface area contributed by atoms with Crippen molar-refractivity contribution in [1.29, 1.82) is 0 Å². The van der Waals surface area contributed by atoms with E-state index in [2.05, 4.69) is 31.0 Å². The SMILES string of the molecule is CC1(O)CCN(c2ccc(F)cc2CNC(C)(C)C)C1. The van der Waals surface area contributed by atoms with E-state index in [-0.39, 0.29) is 11.4 Å². The normalized spacial score (nSPS) is 23.4. The average molecular weight is 280 g/mol. The molecule has 20 heavy (non-hydrogen) atoms. The van der Waals surface area contributed by atoms with E-state index in [1.54, 1.807) is 6.07 Å². The minimum atomic E-state index is -0.650. The van der Waals surface area contributed by atoms with E-state index >= 15 is 0 Å². The number of nitrogens with one attached hydrogen (secondary N) is 1. The molecule has 0 aliphatic carbocycles. The van der Waals surface area contributed by atoms with Crippen LogP contribution in [0.1, 0.15) is 39.7 Å². The van der Waals surface area contributed by atoms with Gasteiger partial charge in [0, 0.05) is 30.9 Å². The fraction of sp³-hybridized carbons (Fsp3) is 0.625. The Hall–Kier alpha value is -1.13. The van der Waals surface area contributed by atoms with Crippen LogP contribution in [0, 0.1) is 5.82 Å². The first-order valence-corrected chi connectivity index (χ1v) is 7.17. The molecule has 0 saturated carbocycles. The molecule has 1 unspecified atom stereocenters. The molecule has 2 N–H and O–H groups in total. The zero-order valence-corrected chi connectivity index (χ0v) is 12.8. The Morgan fingerprint density at radius 2 is 2.10 bits per heavy atom. The van der Waals surface area contributed by atoms with Gasteiger partial charge in [0.2, 0.25) is 0 Å². The second-order valence-electron chi connectivity index (χ2n) is 7.05. The van der Waals surface area contributed by atoms with Crippen LogP contribution in [0.3, 0.4) is 0 Å². The van der Waals surface area contributed by atoms with Gasteiger partial charge in [-0.15, -0.1) is 0 Å². The lowest BCUT2D eigenvalue weighted by atomic mass is 10.1. The minimum absolute atomic E-state index is 0.0138. The molecule has 0 spiro atoms. The van der Waals surface area contributed by atoms with Gasteiger partial charge in [-0.05, 0) is 57.9 Å². The van der Waals surface area contributed by atoms with Gasteiger partial charge in [-0.1, -0.05) is 0 Å². The lowest BCUT2D eigenvalue weighted by Gasteiger charge is -2.26. The molecule has 1 aliphatic heterocycles. The lowest BCUT2D eigenvalue weighted by Crippen LogP contribution is -2.36. The van der Waals surface area contributed by atoms with Crippen molar-refractivity contribution in [3.63, 3.8) is 0 Å². The number of hydrogen-bond acceptors (Lipinski definition) is 3. The van der Waals surface area contributed by atoms with E-state index < -0.39 is 5.60 Å². The Labute approximate surface area is 120 Å². The highest BCUT2D eigenvalue weighted by Crippen LogP contribution is 2.29. The number of benzene rings is 1. The topological polar surface area (TPSA) is 35.5 Å². The summed E-state index contributed by atoms with van der Waals surface area (Å²) in [4.78, 5) is 2.14. The molecule has 0 amide bonds. The standard InChI is InChI=1S/C16H25FN2O/c1-15(2,3)18-10-12-9-13(17)5-6-14(12)19-8-7-16(4,20)11-19/h5-6,9,18,20H,7-8,10-11H2,1-4H3. The molecule has 0 bridgehead atoms. The maximum Gasteiger partial charge on any atom is 0.123 e. The Kier molecular flexibility index (Phi) is 4.07. The van der Waals surface area contributed by atoms with Gasteiger partial charge in [-0.2, -0.15) is 0 Å². The van der Waals surface area contributed by atoms with Crippen LogP contribution in [0.5, 0.6) is 0 Å². The maximum absolute atomic E-state index is 13.5. The summed E-state index contributed by atoms with van der Waals surface area (Å²) >= 11 is 0. The average Bonchev–Trinajstić information content (AvgIpc) is 2.66. The van der Waals surface area contributed by atoms with E-state index in [1.807, 2.05) is 13.0 Å². The first kappa shape index (κ1) is 15.3. The van der Waals surface area contributed by atoms with Gasteiger partial charge in [0.1, 0.15) is 5.82 Å². The quantitative estimate of drug-likeness (QED) is 0.893. The van der Waals surface area contributed by atoms with E-state index in [9.17, 15) is 9.50 Å². The summed E-state index contributed by atoms with van der Waals surface area (Å²) in [5.74, 6) is -0.217. The Morgan fingerprint density at radius 3 is 2.65 bits per heavy atom. The number of nitrogens with zero attached hydrogens (tertiary/aromatic N) is 1. The van der Waals surface area contributed by atoms with Crippen molar-refractivity contribution in [1.82, 2.24) is 5.32 Å². The monoisotopic (exact) mass is 280 g/mol. The van der Waals surface area contributed by atoms with E-state index in [0.29, 0.717) is 13.1 Å². The second-order valence-corrected chi connectivity index (χ2v) is 7.05. The first-order valence-electron chi connectivity index (χ1n) is 7.17. The summed E-state index contributed by atoms with van der Waals surface area (Å²) in [6.07, 6.45) is 0.747. The highest BCUT2D eigenvalue weighted by Gasteiger charge is 2.32. The van der Waals surface area contributed by atoms with Crippen molar-refractivity contribution in [3.8, 4) is 0 Å². The number of aliphatic hydroxyl groups is 1. The van der Waals surface area contributed by atoms with Crippen LogP contribution < -0.4 is 10.2 Å². The fourth-order valence-corrected chi connectivity index (χ4v) is 2.52. The smallest absolute Gasteiger partial charge is 0.123 e. The van der Waals surface area contributed by atoms with Gasteiger partial charge in [0.15, 0.2) is 0 Å². The summed E-state index contributed by atoms with van der Waals surface area (Å²) in [5, 5.41) is 13.5. The van der Waals surface area contributed by atoms with Crippen molar-refractivity contribution in [2.75, 3.05) is 18.0 Å². The van der Waals surface area contributed by atoms with Crippen molar-refractivity contribution < 1.29 is 9.50 Å². The molecule has 1 fully saturated rings. The van der Waals surface area contributed by atoms with E-state index in [0.717, 1.165) is 24.2 Å². The summed E-state index contributed by atoms with van der Waals surface area (Å²) in [6, 6.07) is 4.89. The van der Waals surface area contributed by atoms with Crippen LogP contribution in [0.2, 0.25) is 0 Å². The highest BCUT2D eigenvalue weighted by molar-refractivity contribution is 5.55. The molecule has 2 rings (SSSR count). The zero-order valence-electron chi connectivity index (χ0n) is 12.8. The molecule has 1 heterocycles. The first-order chi connectivity index (χ1) is 9.16. The molecule has 0 aromatic heterocycles. The van der Waals surface area contributed by atoms with Gasteiger partial charge >= 0.3 is 0 Å². The molecule has 112 valence electrons. The molecule has 1 saturated heterocycles. The molecule has 1 aromatic carbocycles. The summed E-state index contributed by atoms with van der Waals surface area (Å²) in [5.41, 5.74) is 1.29. The molecule has 1 atom stereocenters. The Balaban J connectivity index is 2.20. The number of rotatable bonds is 3. The fourth-order valence-electron chi connectivity index (χ4n) is 2.52.